The Morgan fingerprint density at radius 1 is 1.25 bits per heavy atom. The van der Waals surface area contributed by atoms with Crippen molar-refractivity contribution < 1.29 is 4.42 Å². The van der Waals surface area contributed by atoms with E-state index in [-0.39, 0.29) is 11.6 Å². The molecule has 1 aliphatic carbocycles. The minimum Gasteiger partial charge on any atom is -0.459 e. The number of furan rings is 1. The van der Waals surface area contributed by atoms with E-state index in [9.17, 15) is 0 Å². The molecule has 2 N–H and O–H groups in total. The molecular formula is C17H24N2O. The van der Waals surface area contributed by atoms with Gasteiger partial charge in [-0.1, -0.05) is 31.0 Å². The molecule has 1 heterocycles. The zero-order valence-corrected chi connectivity index (χ0v) is 12.6. The van der Waals surface area contributed by atoms with Crippen molar-refractivity contribution in [1.29, 1.82) is 0 Å². The Labute approximate surface area is 120 Å². The molecule has 3 heteroatoms. The molecule has 0 aliphatic heterocycles. The van der Waals surface area contributed by atoms with Crippen molar-refractivity contribution in [1.82, 2.24) is 4.90 Å². The number of aryl methyl sites for hydroxylation is 1. The van der Waals surface area contributed by atoms with Crippen molar-refractivity contribution in [3.8, 4) is 0 Å². The Balaban J connectivity index is 2.03. The van der Waals surface area contributed by atoms with Gasteiger partial charge in [-0.3, -0.25) is 0 Å². The van der Waals surface area contributed by atoms with Gasteiger partial charge in [-0.2, -0.15) is 0 Å². The van der Waals surface area contributed by atoms with Crippen molar-refractivity contribution in [3.05, 3.63) is 35.6 Å². The van der Waals surface area contributed by atoms with Gasteiger partial charge in [-0.25, -0.2) is 0 Å². The van der Waals surface area contributed by atoms with Crippen molar-refractivity contribution in [2.45, 2.75) is 44.2 Å². The van der Waals surface area contributed by atoms with Crippen LogP contribution in [0.3, 0.4) is 0 Å². The van der Waals surface area contributed by atoms with Crippen LogP contribution in [0.4, 0.5) is 0 Å². The number of rotatable bonds is 3. The summed E-state index contributed by atoms with van der Waals surface area (Å²) in [6, 6.07) is 8.31. The van der Waals surface area contributed by atoms with E-state index in [1.165, 1.54) is 18.4 Å². The largest absolute Gasteiger partial charge is 0.459 e. The van der Waals surface area contributed by atoms with Crippen LogP contribution in [0.2, 0.25) is 0 Å². The lowest BCUT2D eigenvalue weighted by molar-refractivity contribution is 0.114. The number of benzene rings is 1. The van der Waals surface area contributed by atoms with Crippen LogP contribution in [0.25, 0.3) is 11.0 Å². The van der Waals surface area contributed by atoms with E-state index in [1.54, 1.807) is 0 Å². The number of fused-ring (bicyclic) bond motifs is 1. The lowest BCUT2D eigenvalue weighted by atomic mass is 9.86. The summed E-state index contributed by atoms with van der Waals surface area (Å²) < 4.78 is 6.10. The second kappa shape index (κ2) is 4.90. The molecule has 3 nitrogen and oxygen atoms in total. The molecule has 0 radical (unpaired) electrons. The van der Waals surface area contributed by atoms with Crippen LogP contribution >= 0.6 is 0 Å². The highest BCUT2D eigenvalue weighted by Gasteiger charge is 2.43. The van der Waals surface area contributed by atoms with Gasteiger partial charge in [0.05, 0.1) is 6.04 Å². The Hall–Kier alpha value is -1.32. The molecule has 0 saturated heterocycles. The first-order chi connectivity index (χ1) is 9.54. The van der Waals surface area contributed by atoms with Gasteiger partial charge < -0.3 is 15.1 Å². The molecule has 1 aliphatic rings. The van der Waals surface area contributed by atoms with Crippen LogP contribution in [0.15, 0.2) is 28.7 Å². The number of likely N-dealkylation sites (N-methyl/N-ethyl adjacent to an activating group) is 1. The van der Waals surface area contributed by atoms with Crippen LogP contribution in [-0.2, 0) is 0 Å². The standard InChI is InChI=1S/C17H24N2O/c1-12-7-6-8-13-11-14(20-15(12)13)16(18)17(19(2)3)9-4-5-10-17/h6-8,11,16H,4-5,9-10,18H2,1-3H3. The number of nitrogens with zero attached hydrogens (tertiary/aromatic N) is 1. The Morgan fingerprint density at radius 3 is 2.55 bits per heavy atom. The summed E-state index contributed by atoms with van der Waals surface area (Å²) in [5.74, 6) is 0.921. The molecule has 20 heavy (non-hydrogen) atoms. The molecule has 1 aromatic heterocycles. The van der Waals surface area contributed by atoms with Crippen LogP contribution in [0, 0.1) is 6.92 Å². The minimum atomic E-state index is -0.0631. The normalized spacial score (nSPS) is 19.9. The van der Waals surface area contributed by atoms with E-state index in [4.69, 9.17) is 10.2 Å². The topological polar surface area (TPSA) is 42.4 Å². The molecule has 108 valence electrons. The third kappa shape index (κ3) is 1.97. The molecule has 3 rings (SSSR count). The highest BCUT2D eigenvalue weighted by molar-refractivity contribution is 5.81. The van der Waals surface area contributed by atoms with Crippen molar-refractivity contribution in [2.24, 2.45) is 5.73 Å². The molecule has 2 aromatic rings. The fourth-order valence-corrected chi connectivity index (χ4v) is 3.67. The smallest absolute Gasteiger partial charge is 0.137 e. The van der Waals surface area contributed by atoms with Crippen LogP contribution < -0.4 is 5.73 Å². The zero-order valence-electron chi connectivity index (χ0n) is 12.6. The molecule has 0 spiro atoms. The lowest BCUT2D eigenvalue weighted by Gasteiger charge is -2.40. The van der Waals surface area contributed by atoms with Gasteiger partial charge >= 0.3 is 0 Å². The minimum absolute atomic E-state index is 0.0434. The molecule has 1 aromatic carbocycles. The van der Waals surface area contributed by atoms with E-state index in [1.807, 2.05) is 0 Å². The molecule has 1 unspecified atom stereocenters. The van der Waals surface area contributed by atoms with E-state index in [2.05, 4.69) is 50.2 Å². The van der Waals surface area contributed by atoms with Gasteiger partial charge in [0, 0.05) is 10.9 Å². The molecular weight excluding hydrogens is 248 g/mol. The van der Waals surface area contributed by atoms with Gasteiger partial charge in [0.1, 0.15) is 11.3 Å². The maximum absolute atomic E-state index is 6.61. The predicted molar refractivity (Wildman–Crippen MR) is 82.8 cm³/mol. The van der Waals surface area contributed by atoms with Crippen LogP contribution in [0.1, 0.15) is 43.0 Å². The summed E-state index contributed by atoms with van der Waals surface area (Å²) in [5.41, 5.74) is 8.81. The maximum atomic E-state index is 6.61. The number of hydrogen-bond donors (Lipinski definition) is 1. The molecule has 0 bridgehead atoms. The number of nitrogens with two attached hydrogens (primary N) is 1. The second-order valence-corrected chi connectivity index (χ2v) is 6.32. The summed E-state index contributed by atoms with van der Waals surface area (Å²) in [6.07, 6.45) is 4.81. The Bertz CT molecular complexity index is 608. The van der Waals surface area contributed by atoms with E-state index >= 15 is 0 Å². The Kier molecular flexibility index (Phi) is 3.35. The second-order valence-electron chi connectivity index (χ2n) is 6.32. The van der Waals surface area contributed by atoms with Gasteiger partial charge in [-0.05, 0) is 45.5 Å². The third-order valence-corrected chi connectivity index (χ3v) is 5.01. The first-order valence-corrected chi connectivity index (χ1v) is 7.47. The average Bonchev–Trinajstić information content (AvgIpc) is 3.06. The van der Waals surface area contributed by atoms with E-state index in [0.717, 1.165) is 29.6 Å². The predicted octanol–water partition coefficient (Wildman–Crippen LogP) is 3.62. The third-order valence-electron chi connectivity index (χ3n) is 5.01. The fourth-order valence-electron chi connectivity index (χ4n) is 3.67. The van der Waals surface area contributed by atoms with Crippen molar-refractivity contribution >= 4 is 11.0 Å². The maximum Gasteiger partial charge on any atom is 0.137 e. The lowest BCUT2D eigenvalue weighted by Crippen LogP contribution is -2.50. The molecule has 1 fully saturated rings. The summed E-state index contributed by atoms with van der Waals surface area (Å²) >= 11 is 0. The van der Waals surface area contributed by atoms with Crippen molar-refractivity contribution in [2.75, 3.05) is 14.1 Å². The SMILES string of the molecule is Cc1cccc2cc(C(N)C3(N(C)C)CCCC3)oc12. The van der Waals surface area contributed by atoms with Gasteiger partial charge in [0.2, 0.25) is 0 Å². The molecule has 1 saturated carbocycles. The monoisotopic (exact) mass is 272 g/mol. The van der Waals surface area contributed by atoms with Crippen LogP contribution in [0.5, 0.6) is 0 Å². The van der Waals surface area contributed by atoms with Gasteiger partial charge in [0.25, 0.3) is 0 Å². The van der Waals surface area contributed by atoms with Crippen LogP contribution in [-0.4, -0.2) is 24.5 Å². The quantitative estimate of drug-likeness (QED) is 0.928. The highest BCUT2D eigenvalue weighted by atomic mass is 16.3. The van der Waals surface area contributed by atoms with Crippen molar-refractivity contribution in [3.63, 3.8) is 0 Å². The van der Waals surface area contributed by atoms with Gasteiger partial charge in [-0.15, -0.1) is 0 Å². The first kappa shape index (κ1) is 13.7. The van der Waals surface area contributed by atoms with E-state index in [0.29, 0.717) is 0 Å². The number of para-hydroxylation sites is 1. The summed E-state index contributed by atoms with van der Waals surface area (Å²) in [4.78, 5) is 2.30. The summed E-state index contributed by atoms with van der Waals surface area (Å²) in [6.45, 7) is 2.08. The molecule has 0 amide bonds. The zero-order chi connectivity index (χ0) is 14.3. The highest BCUT2D eigenvalue weighted by Crippen LogP contribution is 2.43. The molecule has 1 atom stereocenters. The summed E-state index contributed by atoms with van der Waals surface area (Å²) in [7, 11) is 4.28. The average molecular weight is 272 g/mol. The first-order valence-electron chi connectivity index (χ1n) is 7.47. The number of hydrogen-bond acceptors (Lipinski definition) is 3. The fraction of sp³-hybridized carbons (Fsp3) is 0.529. The summed E-state index contributed by atoms with van der Waals surface area (Å²) in [5, 5.41) is 1.15. The van der Waals surface area contributed by atoms with Gasteiger partial charge in [0.15, 0.2) is 0 Å². The Morgan fingerprint density at radius 2 is 1.95 bits per heavy atom. The van der Waals surface area contributed by atoms with E-state index < -0.39 is 0 Å².